The van der Waals surface area contributed by atoms with E-state index >= 15 is 0 Å². The first-order chi connectivity index (χ1) is 1.73. The standard InChI is InChI=1S/Hg.H2O3Se/c;1-4(2)3/h;(H2,1,2,3). The first-order valence-electron chi connectivity index (χ1n) is 0.532. The van der Waals surface area contributed by atoms with E-state index in [9.17, 15) is 0 Å². The second kappa shape index (κ2) is 5.17. The average molecular weight is 330 g/mol. The van der Waals surface area contributed by atoms with E-state index in [-0.39, 0.29) is 27.7 Å². The van der Waals surface area contributed by atoms with E-state index in [1.165, 1.54) is 0 Å². The van der Waals surface area contributed by atoms with Gasteiger partial charge in [-0.3, -0.25) is 0 Å². The normalized spacial score (nSPS) is 7.00. The molecule has 0 amide bonds. The molecule has 0 saturated carbocycles. The third-order valence-corrected chi connectivity index (χ3v) is 0. The topological polar surface area (TPSA) is 57.5 Å². The largest absolute Gasteiger partial charge is 0 e. The Morgan fingerprint density at radius 2 is 1.40 bits per heavy atom. The maximum Gasteiger partial charge on any atom is 0 e. The Labute approximate surface area is 54.2 Å². The van der Waals surface area contributed by atoms with Crippen molar-refractivity contribution in [2.75, 3.05) is 0 Å². The zero-order valence-corrected chi connectivity index (χ0v) is 9.63. The fraction of sp³-hybridized carbons (Fsp3) is 0. The van der Waals surface area contributed by atoms with Crippen LogP contribution in [0.3, 0.4) is 0 Å². The van der Waals surface area contributed by atoms with Crippen molar-refractivity contribution in [2.45, 2.75) is 0 Å². The summed E-state index contributed by atoms with van der Waals surface area (Å²) in [6.07, 6.45) is 0. The SMILES string of the molecule is O=[Se](O)O.[Hg]. The minimum absolute atomic E-state index is 0. The van der Waals surface area contributed by atoms with Crippen LogP contribution in [-0.4, -0.2) is 22.9 Å². The molecule has 5 heteroatoms. The Balaban J connectivity index is 0. The van der Waals surface area contributed by atoms with Gasteiger partial charge in [-0.1, -0.05) is 0 Å². The first-order valence-corrected chi connectivity index (χ1v) is 2.76. The number of hydrogen-bond acceptors (Lipinski definition) is 1. The Morgan fingerprint density at radius 1 is 1.40 bits per heavy atom. The van der Waals surface area contributed by atoms with Gasteiger partial charge in [0, 0.05) is 27.7 Å². The Bertz CT molecular complexity index is 29.9. The molecule has 0 rings (SSSR count). The van der Waals surface area contributed by atoms with Crippen LogP contribution in [0.2, 0.25) is 0 Å². The fourth-order valence-electron chi connectivity index (χ4n) is 0. The number of rotatable bonds is 0. The van der Waals surface area contributed by atoms with Crippen LogP contribution in [0.4, 0.5) is 0 Å². The van der Waals surface area contributed by atoms with Crippen LogP contribution in [0.1, 0.15) is 0 Å². The van der Waals surface area contributed by atoms with Gasteiger partial charge in [0.2, 0.25) is 0 Å². The van der Waals surface area contributed by atoms with Crippen LogP contribution < -0.4 is 0 Å². The molecule has 0 saturated heterocycles. The molecule has 0 atom stereocenters. The fourth-order valence-corrected chi connectivity index (χ4v) is 0. The molecule has 0 fully saturated rings. The van der Waals surface area contributed by atoms with Crippen LogP contribution in [0, 0.1) is 0 Å². The summed E-state index contributed by atoms with van der Waals surface area (Å²) in [7, 11) is 0. The Kier molecular flexibility index (Phi) is 9.82. The third-order valence-electron chi connectivity index (χ3n) is 0. The van der Waals surface area contributed by atoms with Crippen molar-refractivity contribution >= 4 is 14.5 Å². The van der Waals surface area contributed by atoms with Gasteiger partial charge in [-0.25, -0.2) is 0 Å². The van der Waals surface area contributed by atoms with Gasteiger partial charge in [0.05, 0.1) is 0 Å². The molecule has 0 aromatic rings. The zero-order chi connectivity index (χ0) is 3.58. The number of hydrogen-bond donors (Lipinski definition) is 2. The van der Waals surface area contributed by atoms with E-state index in [1.54, 1.807) is 0 Å². The maximum atomic E-state index is 8.76. The van der Waals surface area contributed by atoms with Crippen LogP contribution >= 0.6 is 0 Å². The molecular formula is H2HgO3Se. The molecule has 0 aromatic heterocycles. The van der Waals surface area contributed by atoms with Crippen LogP contribution in [0.15, 0.2) is 0 Å². The van der Waals surface area contributed by atoms with Gasteiger partial charge in [0.1, 0.15) is 0 Å². The first kappa shape index (κ1) is 9.49. The van der Waals surface area contributed by atoms with Gasteiger partial charge in [-0.05, 0) is 0 Å². The van der Waals surface area contributed by atoms with Gasteiger partial charge < -0.3 is 0 Å². The van der Waals surface area contributed by atoms with E-state index in [2.05, 4.69) is 0 Å². The van der Waals surface area contributed by atoms with Crippen molar-refractivity contribution in [1.82, 2.24) is 0 Å². The summed E-state index contributed by atoms with van der Waals surface area (Å²) in [6.45, 7) is 0. The smallest absolute Gasteiger partial charge is 0 e. The molecular weight excluding hydrogens is 328 g/mol. The molecule has 0 bridgehead atoms. The summed E-state index contributed by atoms with van der Waals surface area (Å²) in [6, 6.07) is 0. The summed E-state index contributed by atoms with van der Waals surface area (Å²) in [4.78, 5) is 0. The third kappa shape index (κ3) is 37.8. The van der Waals surface area contributed by atoms with Crippen molar-refractivity contribution in [3.8, 4) is 0 Å². The Morgan fingerprint density at radius 3 is 1.40 bits per heavy atom. The van der Waals surface area contributed by atoms with E-state index in [1.807, 2.05) is 0 Å². The summed E-state index contributed by atoms with van der Waals surface area (Å²) >= 11 is -3.29. The van der Waals surface area contributed by atoms with Crippen LogP contribution in [-0.2, 0) is 31.5 Å². The molecule has 5 heavy (non-hydrogen) atoms. The molecule has 0 aliphatic heterocycles. The quantitative estimate of drug-likeness (QED) is 0.526. The summed E-state index contributed by atoms with van der Waals surface area (Å²) < 4.78 is 23.1. The summed E-state index contributed by atoms with van der Waals surface area (Å²) in [5.74, 6) is 0. The van der Waals surface area contributed by atoms with E-state index < -0.39 is 14.5 Å². The monoisotopic (exact) mass is 332 g/mol. The Hall–Kier alpha value is 1.17. The molecule has 0 heterocycles. The van der Waals surface area contributed by atoms with Crippen molar-refractivity contribution < 1.29 is 39.9 Å². The summed E-state index contributed by atoms with van der Waals surface area (Å²) in [5, 5.41) is 0. The van der Waals surface area contributed by atoms with Gasteiger partial charge >= 0.3 is 26.7 Å². The molecule has 0 radical (unpaired) electrons. The predicted molar refractivity (Wildman–Crippen MR) is 10.9 cm³/mol. The molecule has 0 aromatic carbocycles. The molecule has 0 aliphatic rings. The van der Waals surface area contributed by atoms with Crippen LogP contribution in [0.5, 0.6) is 0 Å². The van der Waals surface area contributed by atoms with Gasteiger partial charge in [-0.2, -0.15) is 0 Å². The molecule has 2 N–H and O–H groups in total. The maximum absolute atomic E-state index is 8.76. The molecule has 28 valence electrons. The van der Waals surface area contributed by atoms with E-state index in [0.29, 0.717) is 0 Å². The second-order valence-corrected chi connectivity index (χ2v) is 1.20. The van der Waals surface area contributed by atoms with Crippen molar-refractivity contribution in [3.05, 3.63) is 0 Å². The van der Waals surface area contributed by atoms with Crippen molar-refractivity contribution in [3.63, 3.8) is 0 Å². The van der Waals surface area contributed by atoms with Crippen molar-refractivity contribution in [2.24, 2.45) is 0 Å². The van der Waals surface area contributed by atoms with Crippen LogP contribution in [0.25, 0.3) is 0 Å². The minimum Gasteiger partial charge on any atom is 0 e. The van der Waals surface area contributed by atoms with Crippen molar-refractivity contribution in [1.29, 1.82) is 0 Å². The average Bonchev–Trinajstić information content (AvgIpc) is 0.811. The molecule has 0 unspecified atom stereocenters. The molecule has 3 nitrogen and oxygen atoms in total. The second-order valence-electron chi connectivity index (χ2n) is 0.231. The summed E-state index contributed by atoms with van der Waals surface area (Å²) in [5.41, 5.74) is 0. The predicted octanol–water partition coefficient (Wildman–Crippen LogP) is -1.62. The molecule has 0 aliphatic carbocycles. The molecule has 0 spiro atoms. The minimum atomic E-state index is -3.29. The van der Waals surface area contributed by atoms with E-state index in [0.717, 1.165) is 0 Å². The zero-order valence-electron chi connectivity index (χ0n) is 2.42. The van der Waals surface area contributed by atoms with Gasteiger partial charge in [0.15, 0.2) is 0 Å². The van der Waals surface area contributed by atoms with Gasteiger partial charge in [0.25, 0.3) is 0 Å². The van der Waals surface area contributed by atoms with E-state index in [4.69, 9.17) is 12.2 Å². The van der Waals surface area contributed by atoms with Gasteiger partial charge in [-0.15, -0.1) is 0 Å².